The highest BCUT2D eigenvalue weighted by molar-refractivity contribution is 5.80. The van der Waals surface area contributed by atoms with Crippen LogP contribution < -0.4 is 23.7 Å². The third-order valence-corrected chi connectivity index (χ3v) is 6.94. The van der Waals surface area contributed by atoms with Gasteiger partial charge < -0.3 is 28.6 Å². The Morgan fingerprint density at radius 2 is 1.53 bits per heavy atom. The average molecular weight is 465 g/mol. The number of ether oxygens (including phenoxy) is 5. The molecule has 0 aliphatic carbocycles. The van der Waals surface area contributed by atoms with Crippen LogP contribution in [0.1, 0.15) is 42.7 Å². The molecule has 0 saturated carbocycles. The molecule has 2 atom stereocenters. The molecule has 2 aromatic carbocycles. The Bertz CT molecular complexity index is 1120. The van der Waals surface area contributed by atoms with E-state index in [9.17, 15) is 5.26 Å². The van der Waals surface area contributed by atoms with Crippen molar-refractivity contribution >= 4 is 5.57 Å². The summed E-state index contributed by atoms with van der Waals surface area (Å²) in [4.78, 5) is 2.29. The number of nitriles is 1. The van der Waals surface area contributed by atoms with E-state index in [0.29, 0.717) is 40.5 Å². The van der Waals surface area contributed by atoms with E-state index >= 15 is 0 Å². The smallest absolute Gasteiger partial charge is 0.203 e. The Balaban J connectivity index is 1.97. The second kappa shape index (κ2) is 10.2. The summed E-state index contributed by atoms with van der Waals surface area (Å²) in [5.41, 5.74) is 3.58. The van der Waals surface area contributed by atoms with Crippen LogP contribution >= 0.6 is 0 Å². The minimum Gasteiger partial charge on any atom is -0.493 e. The second-order valence-electron chi connectivity index (χ2n) is 8.50. The van der Waals surface area contributed by atoms with Crippen molar-refractivity contribution in [2.24, 2.45) is 0 Å². The highest BCUT2D eigenvalue weighted by atomic mass is 16.5. The van der Waals surface area contributed by atoms with E-state index in [1.807, 2.05) is 30.3 Å². The lowest BCUT2D eigenvalue weighted by molar-refractivity contribution is 0.177. The fraction of sp³-hybridized carbons (Fsp3) is 0.444. The van der Waals surface area contributed by atoms with E-state index in [4.69, 9.17) is 23.7 Å². The Hall–Kier alpha value is -3.53. The van der Waals surface area contributed by atoms with Crippen molar-refractivity contribution in [3.8, 4) is 34.8 Å². The summed E-state index contributed by atoms with van der Waals surface area (Å²) in [7, 11) is 8.10. The second-order valence-corrected chi connectivity index (χ2v) is 8.50. The lowest BCUT2D eigenvalue weighted by Crippen LogP contribution is -2.43. The van der Waals surface area contributed by atoms with E-state index in [1.54, 1.807) is 35.5 Å². The zero-order valence-corrected chi connectivity index (χ0v) is 20.5. The lowest BCUT2D eigenvalue weighted by Gasteiger charge is -2.45. The Labute approximate surface area is 201 Å². The van der Waals surface area contributed by atoms with E-state index < -0.39 is 0 Å². The van der Waals surface area contributed by atoms with E-state index in [1.165, 1.54) is 6.42 Å². The summed E-state index contributed by atoms with van der Waals surface area (Å²) in [5.74, 6) is 3.00. The number of piperidine rings is 1. The molecule has 34 heavy (non-hydrogen) atoms. The Morgan fingerprint density at radius 3 is 2.18 bits per heavy atom. The van der Waals surface area contributed by atoms with Crippen molar-refractivity contribution in [1.29, 1.82) is 5.26 Å². The molecular formula is C27H32N2O5. The van der Waals surface area contributed by atoms with Gasteiger partial charge in [-0.25, -0.2) is 0 Å². The normalized spacial score (nSPS) is 19.7. The maximum Gasteiger partial charge on any atom is 0.203 e. The molecular weight excluding hydrogens is 432 g/mol. The quantitative estimate of drug-likeness (QED) is 0.570. The first-order valence-corrected chi connectivity index (χ1v) is 11.5. The van der Waals surface area contributed by atoms with Crippen molar-refractivity contribution in [1.82, 2.24) is 4.90 Å². The van der Waals surface area contributed by atoms with Gasteiger partial charge in [-0.05, 0) is 49.4 Å². The molecule has 7 nitrogen and oxygen atoms in total. The van der Waals surface area contributed by atoms with Crippen molar-refractivity contribution in [2.75, 3.05) is 42.1 Å². The van der Waals surface area contributed by atoms with E-state index in [-0.39, 0.29) is 5.92 Å². The number of benzene rings is 2. The zero-order chi connectivity index (χ0) is 24.2. The molecule has 7 heteroatoms. The monoisotopic (exact) mass is 464 g/mol. The van der Waals surface area contributed by atoms with Crippen LogP contribution in [0, 0.1) is 11.3 Å². The molecule has 0 amide bonds. The minimum atomic E-state index is -0.0677. The summed E-state index contributed by atoms with van der Waals surface area (Å²) in [6.07, 6.45) is 4.20. The van der Waals surface area contributed by atoms with Gasteiger partial charge >= 0.3 is 0 Å². The highest BCUT2D eigenvalue weighted by Crippen LogP contribution is 2.52. The first-order chi connectivity index (χ1) is 16.6. The fourth-order valence-electron chi connectivity index (χ4n) is 5.40. The van der Waals surface area contributed by atoms with Gasteiger partial charge in [0.2, 0.25) is 5.75 Å². The van der Waals surface area contributed by atoms with Crippen molar-refractivity contribution in [2.45, 2.75) is 37.6 Å². The zero-order valence-electron chi connectivity index (χ0n) is 20.5. The summed E-state index contributed by atoms with van der Waals surface area (Å²) < 4.78 is 28.1. The van der Waals surface area contributed by atoms with E-state index in [0.717, 1.165) is 42.5 Å². The number of methoxy groups -OCH3 is 5. The fourth-order valence-corrected chi connectivity index (χ4v) is 5.40. The molecule has 0 N–H and O–H groups in total. The molecule has 2 aliphatic rings. The summed E-state index contributed by atoms with van der Waals surface area (Å²) in [6.45, 7) is 0.889. The molecule has 0 spiro atoms. The first-order valence-electron chi connectivity index (χ1n) is 11.5. The molecule has 1 fully saturated rings. The van der Waals surface area contributed by atoms with Gasteiger partial charge in [-0.2, -0.15) is 5.26 Å². The number of hydrogen-bond acceptors (Lipinski definition) is 7. The number of hydrogen-bond donors (Lipinski definition) is 0. The van der Waals surface area contributed by atoms with Gasteiger partial charge in [0, 0.05) is 29.6 Å². The van der Waals surface area contributed by atoms with E-state index in [2.05, 4.69) is 11.0 Å². The first kappa shape index (κ1) is 23.6. The molecule has 0 radical (unpaired) electrons. The summed E-state index contributed by atoms with van der Waals surface area (Å²) in [5, 5.41) is 10.4. The molecule has 2 aromatic rings. The molecule has 2 unspecified atom stereocenters. The molecule has 4 rings (SSSR count). The third kappa shape index (κ3) is 3.98. The van der Waals surface area contributed by atoms with Crippen molar-refractivity contribution < 1.29 is 23.7 Å². The Morgan fingerprint density at radius 1 is 0.824 bits per heavy atom. The highest BCUT2D eigenvalue weighted by Gasteiger charge is 2.39. The average Bonchev–Trinajstić information content (AvgIpc) is 2.90. The topological polar surface area (TPSA) is 73.2 Å². The maximum absolute atomic E-state index is 10.4. The SMILES string of the molecule is COc1ccc(C2=C(C#N)N3CCCCC3CC2c2ccc(OC)c(OC)c2OC)cc1OC. The van der Waals surface area contributed by atoms with Gasteiger partial charge in [-0.15, -0.1) is 0 Å². The number of fused-ring (bicyclic) bond motifs is 1. The molecule has 1 saturated heterocycles. The van der Waals surface area contributed by atoms with Gasteiger partial charge in [0.1, 0.15) is 11.8 Å². The third-order valence-electron chi connectivity index (χ3n) is 6.94. The Kier molecular flexibility index (Phi) is 7.06. The van der Waals surface area contributed by atoms with Gasteiger partial charge in [0.05, 0.1) is 35.5 Å². The van der Waals surface area contributed by atoms with Gasteiger partial charge in [-0.1, -0.05) is 12.1 Å². The number of allylic oxidation sites excluding steroid dienone is 2. The van der Waals surface area contributed by atoms with Crippen molar-refractivity contribution in [3.63, 3.8) is 0 Å². The summed E-state index contributed by atoms with van der Waals surface area (Å²) >= 11 is 0. The van der Waals surface area contributed by atoms with Crippen LogP contribution in [-0.2, 0) is 0 Å². The van der Waals surface area contributed by atoms with Crippen LogP contribution in [0.25, 0.3) is 5.57 Å². The number of nitrogens with zero attached hydrogens (tertiary/aromatic N) is 2. The maximum atomic E-state index is 10.4. The van der Waals surface area contributed by atoms with Crippen molar-refractivity contribution in [3.05, 3.63) is 47.2 Å². The molecule has 2 aliphatic heterocycles. The van der Waals surface area contributed by atoms with Gasteiger partial charge in [0.25, 0.3) is 0 Å². The molecule has 2 heterocycles. The molecule has 180 valence electrons. The van der Waals surface area contributed by atoms with Crippen LogP contribution in [0.5, 0.6) is 28.7 Å². The lowest BCUT2D eigenvalue weighted by atomic mass is 9.75. The summed E-state index contributed by atoms with van der Waals surface area (Å²) in [6, 6.07) is 12.6. The van der Waals surface area contributed by atoms with Gasteiger partial charge in [-0.3, -0.25) is 0 Å². The predicted molar refractivity (Wildman–Crippen MR) is 130 cm³/mol. The van der Waals surface area contributed by atoms with Gasteiger partial charge in [0.15, 0.2) is 23.0 Å². The van der Waals surface area contributed by atoms with Crippen LogP contribution in [0.3, 0.4) is 0 Å². The van der Waals surface area contributed by atoms with Crippen LogP contribution in [-0.4, -0.2) is 53.0 Å². The minimum absolute atomic E-state index is 0.0677. The predicted octanol–water partition coefficient (Wildman–Crippen LogP) is 5.01. The van der Waals surface area contributed by atoms with Crippen LogP contribution in [0.4, 0.5) is 0 Å². The molecule has 0 bridgehead atoms. The molecule has 0 aromatic heterocycles. The van der Waals surface area contributed by atoms with Crippen LogP contribution in [0.2, 0.25) is 0 Å². The standard InChI is InChI=1S/C27H32N2O5/c1-30-22-11-9-17(14-24(22)32-3)25-20(15-18-8-6-7-13-29(18)21(25)16-28)19-10-12-23(31-2)27(34-5)26(19)33-4/h9-12,14,18,20H,6-8,13,15H2,1-5H3. The largest absolute Gasteiger partial charge is 0.493 e. The number of rotatable bonds is 7. The van der Waals surface area contributed by atoms with Crippen LogP contribution in [0.15, 0.2) is 36.0 Å².